The number of nitrogens with zero attached hydrogens (tertiary/aromatic N) is 2. The Morgan fingerprint density at radius 2 is 1.95 bits per heavy atom. The first-order valence-corrected chi connectivity index (χ1v) is 9.09. The van der Waals surface area contributed by atoms with E-state index in [1.165, 1.54) is 10.9 Å². The molecule has 0 saturated carbocycles. The van der Waals surface area contributed by atoms with E-state index in [2.05, 4.69) is 76.8 Å². The maximum absolute atomic E-state index is 4.93. The van der Waals surface area contributed by atoms with Crippen LogP contribution in [0.25, 0.3) is 10.9 Å². The van der Waals surface area contributed by atoms with Gasteiger partial charge in [0.1, 0.15) is 5.82 Å². The monoisotopic (exact) mass is 350 g/mol. The molecule has 4 heteroatoms. The summed E-state index contributed by atoms with van der Waals surface area (Å²) < 4.78 is 0. The van der Waals surface area contributed by atoms with Crippen molar-refractivity contribution in [3.63, 3.8) is 0 Å². The average molecular weight is 351 g/mol. The third kappa shape index (κ3) is 2.82. The maximum Gasteiger partial charge on any atom is 0.133 e. The van der Waals surface area contributed by atoms with Crippen molar-refractivity contribution in [2.24, 2.45) is 0 Å². The van der Waals surface area contributed by atoms with E-state index in [0.717, 1.165) is 29.8 Å². The zero-order valence-corrected chi connectivity index (χ0v) is 14.2. The summed E-state index contributed by atoms with van der Waals surface area (Å²) in [5.41, 5.74) is 2.38. The first-order chi connectivity index (χ1) is 9.67. The summed E-state index contributed by atoms with van der Waals surface area (Å²) in [6.07, 6.45) is 0. The standard InChI is InChI=1S/C16H19BrN2S/c1-11-9-19(10-12(2)20-11)16-14(8-17)7-13-5-3-4-6-15(13)18-16/h3-7,11-12H,8-10H2,1-2H3. The highest BCUT2D eigenvalue weighted by Crippen LogP contribution is 2.31. The predicted octanol–water partition coefficient (Wildman–Crippen LogP) is 4.46. The Morgan fingerprint density at radius 3 is 2.65 bits per heavy atom. The van der Waals surface area contributed by atoms with Crippen LogP contribution in [0.2, 0.25) is 0 Å². The zero-order chi connectivity index (χ0) is 14.1. The molecule has 0 aliphatic carbocycles. The molecule has 0 N–H and O–H groups in total. The van der Waals surface area contributed by atoms with Crippen molar-refractivity contribution in [3.8, 4) is 0 Å². The van der Waals surface area contributed by atoms with Gasteiger partial charge in [0.05, 0.1) is 5.52 Å². The molecule has 2 aromatic rings. The molecule has 1 fully saturated rings. The summed E-state index contributed by atoms with van der Waals surface area (Å²) in [6.45, 7) is 6.78. The van der Waals surface area contributed by atoms with Gasteiger partial charge in [-0.15, -0.1) is 0 Å². The SMILES string of the molecule is CC1CN(c2nc3ccccc3cc2CBr)CC(C)S1. The minimum atomic E-state index is 0.662. The minimum absolute atomic E-state index is 0.662. The minimum Gasteiger partial charge on any atom is -0.354 e. The van der Waals surface area contributed by atoms with Gasteiger partial charge in [-0.3, -0.25) is 0 Å². The van der Waals surface area contributed by atoms with Crippen molar-refractivity contribution in [2.45, 2.75) is 29.7 Å². The molecule has 3 rings (SSSR count). The molecular formula is C16H19BrN2S. The van der Waals surface area contributed by atoms with E-state index < -0.39 is 0 Å². The van der Waals surface area contributed by atoms with Crippen LogP contribution >= 0.6 is 27.7 Å². The first kappa shape index (κ1) is 14.2. The van der Waals surface area contributed by atoms with Gasteiger partial charge in [0.15, 0.2) is 0 Å². The third-order valence-corrected chi connectivity index (χ3v) is 5.47. The van der Waals surface area contributed by atoms with E-state index in [0.29, 0.717) is 10.5 Å². The van der Waals surface area contributed by atoms with Crippen LogP contribution < -0.4 is 4.90 Å². The molecule has 1 saturated heterocycles. The lowest BCUT2D eigenvalue weighted by Gasteiger charge is -2.36. The van der Waals surface area contributed by atoms with Gasteiger partial charge in [0.2, 0.25) is 0 Å². The molecule has 0 amide bonds. The van der Waals surface area contributed by atoms with E-state index in [9.17, 15) is 0 Å². The number of hydrogen-bond acceptors (Lipinski definition) is 3. The quantitative estimate of drug-likeness (QED) is 0.743. The number of fused-ring (bicyclic) bond motifs is 1. The third-order valence-electron chi connectivity index (χ3n) is 3.64. The number of aromatic nitrogens is 1. The van der Waals surface area contributed by atoms with Crippen LogP contribution in [0.15, 0.2) is 30.3 Å². The molecule has 0 bridgehead atoms. The lowest BCUT2D eigenvalue weighted by atomic mass is 10.1. The predicted molar refractivity (Wildman–Crippen MR) is 93.1 cm³/mol. The van der Waals surface area contributed by atoms with Gasteiger partial charge in [-0.1, -0.05) is 48.0 Å². The van der Waals surface area contributed by atoms with Crippen molar-refractivity contribution in [1.82, 2.24) is 4.98 Å². The normalized spacial score (nSPS) is 23.2. The number of hydrogen-bond donors (Lipinski definition) is 0. The van der Waals surface area contributed by atoms with Crippen molar-refractivity contribution in [2.75, 3.05) is 18.0 Å². The van der Waals surface area contributed by atoms with E-state index in [4.69, 9.17) is 4.98 Å². The summed E-state index contributed by atoms with van der Waals surface area (Å²) in [4.78, 5) is 7.38. The Kier molecular flexibility index (Phi) is 4.22. The lowest BCUT2D eigenvalue weighted by Crippen LogP contribution is -2.41. The molecule has 2 nitrogen and oxygen atoms in total. The molecule has 0 spiro atoms. The van der Waals surface area contributed by atoms with Gasteiger partial charge in [0, 0.05) is 39.9 Å². The summed E-state index contributed by atoms with van der Waals surface area (Å²) in [7, 11) is 0. The molecule has 1 aromatic carbocycles. The topological polar surface area (TPSA) is 16.1 Å². The second-order valence-corrected chi connectivity index (χ2v) is 7.90. The molecular weight excluding hydrogens is 332 g/mol. The fourth-order valence-corrected chi connectivity index (χ4v) is 4.61. The van der Waals surface area contributed by atoms with Gasteiger partial charge >= 0.3 is 0 Å². The number of pyridine rings is 1. The summed E-state index contributed by atoms with van der Waals surface area (Å²) >= 11 is 5.69. The van der Waals surface area contributed by atoms with Crippen LogP contribution in [-0.2, 0) is 5.33 Å². The van der Waals surface area contributed by atoms with E-state index in [-0.39, 0.29) is 0 Å². The first-order valence-electron chi connectivity index (χ1n) is 7.02. The van der Waals surface area contributed by atoms with Crippen LogP contribution in [0.3, 0.4) is 0 Å². The van der Waals surface area contributed by atoms with E-state index in [1.54, 1.807) is 0 Å². The Morgan fingerprint density at radius 1 is 1.25 bits per heavy atom. The summed E-state index contributed by atoms with van der Waals surface area (Å²) in [6, 6.07) is 10.6. The average Bonchev–Trinajstić information content (AvgIpc) is 2.44. The van der Waals surface area contributed by atoms with Gasteiger partial charge in [-0.05, 0) is 12.1 Å². The molecule has 106 valence electrons. The number of alkyl halides is 1. The summed E-state index contributed by atoms with van der Waals surface area (Å²) in [5.74, 6) is 1.15. The van der Waals surface area contributed by atoms with Gasteiger partial charge in [0.25, 0.3) is 0 Å². The zero-order valence-electron chi connectivity index (χ0n) is 11.8. The molecule has 0 radical (unpaired) electrons. The van der Waals surface area contributed by atoms with Crippen molar-refractivity contribution >= 4 is 44.4 Å². The Hall–Kier alpha value is -0.740. The molecule has 2 unspecified atom stereocenters. The fraction of sp³-hybridized carbons (Fsp3) is 0.438. The number of para-hydroxylation sites is 1. The molecule has 1 aliphatic heterocycles. The van der Waals surface area contributed by atoms with Crippen molar-refractivity contribution in [3.05, 3.63) is 35.9 Å². The second kappa shape index (κ2) is 5.94. The van der Waals surface area contributed by atoms with Crippen LogP contribution in [-0.4, -0.2) is 28.6 Å². The fourth-order valence-electron chi connectivity index (χ4n) is 2.87. The Bertz CT molecular complexity index is 606. The van der Waals surface area contributed by atoms with Crippen LogP contribution in [0.5, 0.6) is 0 Å². The second-order valence-electron chi connectivity index (χ2n) is 5.46. The number of benzene rings is 1. The van der Waals surface area contributed by atoms with Gasteiger partial charge in [-0.25, -0.2) is 4.98 Å². The van der Waals surface area contributed by atoms with Crippen LogP contribution in [0.1, 0.15) is 19.4 Å². The maximum atomic E-state index is 4.93. The number of anilines is 1. The van der Waals surface area contributed by atoms with Crippen LogP contribution in [0, 0.1) is 0 Å². The highest BCUT2D eigenvalue weighted by Gasteiger charge is 2.24. The molecule has 1 aromatic heterocycles. The van der Waals surface area contributed by atoms with E-state index >= 15 is 0 Å². The summed E-state index contributed by atoms with van der Waals surface area (Å²) in [5, 5.41) is 3.40. The van der Waals surface area contributed by atoms with Crippen LogP contribution in [0.4, 0.5) is 5.82 Å². The molecule has 1 aliphatic rings. The molecule has 2 atom stereocenters. The highest BCUT2D eigenvalue weighted by atomic mass is 79.9. The Balaban J connectivity index is 2.04. The number of rotatable bonds is 2. The molecule has 2 heterocycles. The molecule has 20 heavy (non-hydrogen) atoms. The van der Waals surface area contributed by atoms with E-state index in [1.807, 2.05) is 0 Å². The smallest absolute Gasteiger partial charge is 0.133 e. The van der Waals surface area contributed by atoms with Crippen molar-refractivity contribution in [1.29, 1.82) is 0 Å². The lowest BCUT2D eigenvalue weighted by molar-refractivity contribution is 0.717. The van der Waals surface area contributed by atoms with Crippen molar-refractivity contribution < 1.29 is 0 Å². The number of thioether (sulfide) groups is 1. The van der Waals surface area contributed by atoms with Gasteiger partial charge in [-0.2, -0.15) is 11.8 Å². The van der Waals surface area contributed by atoms with Gasteiger partial charge < -0.3 is 4.90 Å². The largest absolute Gasteiger partial charge is 0.354 e. The number of halogens is 1. The highest BCUT2D eigenvalue weighted by molar-refractivity contribution is 9.08. The Labute approximate surface area is 133 Å².